The molecule has 0 atom stereocenters. The minimum absolute atomic E-state index is 0.489. The number of ether oxygens (including phenoxy) is 1. The fourth-order valence-electron chi connectivity index (χ4n) is 1.56. The van der Waals surface area contributed by atoms with Gasteiger partial charge >= 0.3 is 0 Å². The first-order chi connectivity index (χ1) is 8.65. The highest BCUT2D eigenvalue weighted by molar-refractivity contribution is 6.30. The number of aromatic nitrogens is 1. The second-order valence-corrected chi connectivity index (χ2v) is 4.94. The number of hydrogen-bond donors (Lipinski definition) is 0. The summed E-state index contributed by atoms with van der Waals surface area (Å²) in [6.07, 6.45) is 1.86. The molecule has 0 unspecified atom stereocenters. The van der Waals surface area contributed by atoms with E-state index in [4.69, 9.17) is 16.3 Å². The Morgan fingerprint density at radius 2 is 1.83 bits per heavy atom. The van der Waals surface area contributed by atoms with E-state index in [1.807, 2.05) is 36.5 Å². The van der Waals surface area contributed by atoms with Crippen molar-refractivity contribution in [2.45, 2.75) is 26.4 Å². The Morgan fingerprint density at radius 1 is 1.11 bits per heavy atom. The number of nitrogens with zero attached hydrogens (tertiary/aromatic N) is 1. The van der Waals surface area contributed by atoms with Crippen molar-refractivity contribution >= 4 is 11.6 Å². The van der Waals surface area contributed by atoms with Crippen molar-refractivity contribution < 1.29 is 4.74 Å². The first kappa shape index (κ1) is 12.9. The molecule has 18 heavy (non-hydrogen) atoms. The summed E-state index contributed by atoms with van der Waals surface area (Å²) in [7, 11) is 0. The number of rotatable bonds is 4. The van der Waals surface area contributed by atoms with Gasteiger partial charge in [-0.05, 0) is 29.2 Å². The van der Waals surface area contributed by atoms with Crippen LogP contribution in [0.2, 0.25) is 5.02 Å². The Kier molecular flexibility index (Phi) is 4.21. The number of pyridine rings is 1. The molecule has 0 saturated heterocycles. The van der Waals surface area contributed by atoms with Gasteiger partial charge in [0.05, 0.1) is 0 Å². The van der Waals surface area contributed by atoms with Gasteiger partial charge in [-0.25, -0.2) is 4.98 Å². The smallest absolute Gasteiger partial charge is 0.213 e. The van der Waals surface area contributed by atoms with E-state index in [0.29, 0.717) is 18.4 Å². The quantitative estimate of drug-likeness (QED) is 0.812. The summed E-state index contributed by atoms with van der Waals surface area (Å²) < 4.78 is 5.61. The van der Waals surface area contributed by atoms with Crippen LogP contribution in [0.4, 0.5) is 0 Å². The van der Waals surface area contributed by atoms with Crippen LogP contribution >= 0.6 is 11.6 Å². The first-order valence-corrected chi connectivity index (χ1v) is 6.36. The second kappa shape index (κ2) is 5.87. The summed E-state index contributed by atoms with van der Waals surface area (Å²) >= 11 is 5.82. The molecule has 0 aliphatic rings. The van der Waals surface area contributed by atoms with Gasteiger partial charge in [0.25, 0.3) is 0 Å². The van der Waals surface area contributed by atoms with Crippen molar-refractivity contribution in [3.05, 3.63) is 58.7 Å². The lowest BCUT2D eigenvalue weighted by atomic mass is 10.1. The maximum Gasteiger partial charge on any atom is 0.213 e. The maximum atomic E-state index is 5.82. The Morgan fingerprint density at radius 3 is 2.39 bits per heavy atom. The van der Waals surface area contributed by atoms with E-state index >= 15 is 0 Å². The average molecular weight is 262 g/mol. The topological polar surface area (TPSA) is 22.1 Å². The van der Waals surface area contributed by atoms with Crippen LogP contribution in [-0.4, -0.2) is 4.98 Å². The molecule has 0 radical (unpaired) electrons. The molecule has 0 aliphatic heterocycles. The molecule has 0 fully saturated rings. The van der Waals surface area contributed by atoms with Crippen LogP contribution in [0.3, 0.4) is 0 Å². The van der Waals surface area contributed by atoms with Gasteiger partial charge in [0.1, 0.15) is 6.61 Å². The van der Waals surface area contributed by atoms with Gasteiger partial charge in [0.2, 0.25) is 5.88 Å². The third-order valence-corrected chi connectivity index (χ3v) is 2.98. The summed E-state index contributed by atoms with van der Waals surface area (Å²) in [5, 5.41) is 0.734. The highest BCUT2D eigenvalue weighted by Crippen LogP contribution is 2.17. The lowest BCUT2D eigenvalue weighted by molar-refractivity contribution is 0.293. The Bertz CT molecular complexity index is 491. The predicted octanol–water partition coefficient (Wildman–Crippen LogP) is 4.44. The number of halogens is 1. The highest BCUT2D eigenvalue weighted by atomic mass is 35.5. The van der Waals surface area contributed by atoms with Crippen molar-refractivity contribution in [1.29, 1.82) is 0 Å². The van der Waals surface area contributed by atoms with Gasteiger partial charge in [-0.15, -0.1) is 0 Å². The first-order valence-electron chi connectivity index (χ1n) is 5.98. The molecule has 0 bridgehead atoms. The van der Waals surface area contributed by atoms with E-state index in [0.717, 1.165) is 10.6 Å². The van der Waals surface area contributed by atoms with Crippen molar-refractivity contribution in [3.8, 4) is 5.88 Å². The average Bonchev–Trinajstić information content (AvgIpc) is 2.38. The van der Waals surface area contributed by atoms with Gasteiger partial charge in [0, 0.05) is 17.3 Å². The van der Waals surface area contributed by atoms with Crippen LogP contribution in [0.1, 0.15) is 30.9 Å². The standard InChI is InChI=1S/C15H16ClNO/c1-11(2)13-5-8-15(17-9-13)18-10-12-3-6-14(16)7-4-12/h3-9,11H,10H2,1-2H3. The zero-order valence-corrected chi connectivity index (χ0v) is 11.3. The zero-order chi connectivity index (χ0) is 13.0. The van der Waals surface area contributed by atoms with Crippen molar-refractivity contribution in [3.63, 3.8) is 0 Å². The molecular formula is C15H16ClNO. The molecule has 0 spiro atoms. The van der Waals surface area contributed by atoms with Crippen LogP contribution < -0.4 is 4.74 Å². The molecule has 1 heterocycles. The maximum absolute atomic E-state index is 5.82. The predicted molar refractivity (Wildman–Crippen MR) is 74.1 cm³/mol. The molecule has 94 valence electrons. The molecule has 0 aliphatic carbocycles. The molecular weight excluding hydrogens is 246 g/mol. The van der Waals surface area contributed by atoms with E-state index in [1.54, 1.807) is 0 Å². The largest absolute Gasteiger partial charge is 0.473 e. The van der Waals surface area contributed by atoms with E-state index < -0.39 is 0 Å². The summed E-state index contributed by atoms with van der Waals surface area (Å²) in [5.41, 5.74) is 2.29. The van der Waals surface area contributed by atoms with Crippen LogP contribution in [0.15, 0.2) is 42.6 Å². The van der Waals surface area contributed by atoms with Gasteiger partial charge < -0.3 is 4.74 Å². The van der Waals surface area contributed by atoms with Crippen LogP contribution in [0, 0.1) is 0 Å². The lowest BCUT2D eigenvalue weighted by Gasteiger charge is -2.08. The summed E-state index contributed by atoms with van der Waals surface area (Å²) in [6, 6.07) is 11.6. The Labute approximate surface area is 113 Å². The van der Waals surface area contributed by atoms with Gasteiger partial charge in [-0.2, -0.15) is 0 Å². The third-order valence-electron chi connectivity index (χ3n) is 2.73. The van der Waals surface area contributed by atoms with E-state index in [1.165, 1.54) is 5.56 Å². The summed E-state index contributed by atoms with van der Waals surface area (Å²) in [5.74, 6) is 1.14. The van der Waals surface area contributed by atoms with Crippen LogP contribution in [-0.2, 0) is 6.61 Å². The van der Waals surface area contributed by atoms with Crippen molar-refractivity contribution in [2.75, 3.05) is 0 Å². The summed E-state index contributed by atoms with van der Waals surface area (Å²) in [4.78, 5) is 4.28. The lowest BCUT2D eigenvalue weighted by Crippen LogP contribution is -1.98. The molecule has 2 aromatic rings. The number of benzene rings is 1. The van der Waals surface area contributed by atoms with Crippen LogP contribution in [0.25, 0.3) is 0 Å². The van der Waals surface area contributed by atoms with Crippen molar-refractivity contribution in [1.82, 2.24) is 4.98 Å². The molecule has 0 N–H and O–H groups in total. The summed E-state index contributed by atoms with van der Waals surface area (Å²) in [6.45, 7) is 4.79. The van der Waals surface area contributed by atoms with E-state index in [-0.39, 0.29) is 0 Å². The normalized spacial score (nSPS) is 10.7. The Balaban J connectivity index is 1.95. The molecule has 0 saturated carbocycles. The molecule has 0 amide bonds. The van der Waals surface area contributed by atoms with Gasteiger partial charge in [-0.3, -0.25) is 0 Å². The fraction of sp³-hybridized carbons (Fsp3) is 0.267. The SMILES string of the molecule is CC(C)c1ccc(OCc2ccc(Cl)cc2)nc1. The second-order valence-electron chi connectivity index (χ2n) is 4.50. The minimum Gasteiger partial charge on any atom is -0.473 e. The molecule has 3 heteroatoms. The van der Waals surface area contributed by atoms with Gasteiger partial charge in [0.15, 0.2) is 0 Å². The monoisotopic (exact) mass is 261 g/mol. The zero-order valence-electron chi connectivity index (χ0n) is 10.6. The number of hydrogen-bond acceptors (Lipinski definition) is 2. The fourth-order valence-corrected chi connectivity index (χ4v) is 1.68. The van der Waals surface area contributed by atoms with Crippen molar-refractivity contribution in [2.24, 2.45) is 0 Å². The van der Waals surface area contributed by atoms with E-state index in [2.05, 4.69) is 24.9 Å². The highest BCUT2D eigenvalue weighted by Gasteiger charge is 2.01. The third kappa shape index (κ3) is 3.47. The minimum atomic E-state index is 0.489. The van der Waals surface area contributed by atoms with Gasteiger partial charge in [-0.1, -0.05) is 43.6 Å². The molecule has 2 rings (SSSR count). The Hall–Kier alpha value is -1.54. The van der Waals surface area contributed by atoms with E-state index in [9.17, 15) is 0 Å². The molecule has 1 aromatic carbocycles. The molecule has 1 aromatic heterocycles. The van der Waals surface area contributed by atoms with Crippen LogP contribution in [0.5, 0.6) is 5.88 Å². The molecule has 2 nitrogen and oxygen atoms in total.